The highest BCUT2D eigenvalue weighted by atomic mass is 32.2. The molecule has 0 aliphatic carbocycles. The van der Waals surface area contributed by atoms with E-state index in [-0.39, 0.29) is 10.7 Å². The first kappa shape index (κ1) is 23.0. The molecule has 29 heavy (non-hydrogen) atoms. The van der Waals surface area contributed by atoms with Crippen molar-refractivity contribution in [3.63, 3.8) is 0 Å². The van der Waals surface area contributed by atoms with E-state index in [1.165, 1.54) is 0 Å². The van der Waals surface area contributed by atoms with Crippen molar-refractivity contribution in [3.8, 4) is 0 Å². The number of aromatic nitrogens is 1. The van der Waals surface area contributed by atoms with Crippen LogP contribution in [-0.2, 0) is 4.74 Å². The number of alkyl carbamates (subject to hydrolysis) is 1. The molecule has 0 radical (unpaired) electrons. The van der Waals surface area contributed by atoms with Gasteiger partial charge in [-0.15, -0.1) is 11.8 Å². The van der Waals surface area contributed by atoms with Crippen LogP contribution in [0.1, 0.15) is 58.3 Å². The molecule has 158 valence electrons. The second-order valence-corrected chi connectivity index (χ2v) is 10.7. The van der Waals surface area contributed by atoms with Crippen LogP contribution in [0.2, 0.25) is 0 Å². The van der Waals surface area contributed by atoms with Gasteiger partial charge in [-0.25, -0.2) is 4.79 Å². The predicted molar refractivity (Wildman–Crippen MR) is 119 cm³/mol. The molecule has 0 fully saturated rings. The molecular weight excluding hydrogens is 386 g/mol. The molecule has 2 amide bonds. The summed E-state index contributed by atoms with van der Waals surface area (Å²) in [5.74, 6) is -0.175. The Morgan fingerprint density at radius 3 is 2.41 bits per heavy atom. The standard InChI is InChI=1S/C22H31N3O3S/c1-21(2,3)28-20(27)24-12-8-11-23-19(26)16-13-15-9-7-10-17(18(15)25-14-16)29-22(4,5)6/h7,9-10,13-14H,8,11-12H2,1-6H3,(H,23,26)(H,24,27). The molecule has 0 aliphatic heterocycles. The number of rotatable bonds is 6. The van der Waals surface area contributed by atoms with Crippen molar-refractivity contribution in [3.05, 3.63) is 36.0 Å². The fraction of sp³-hybridized carbons (Fsp3) is 0.500. The van der Waals surface area contributed by atoms with Crippen LogP contribution in [-0.4, -0.2) is 40.4 Å². The van der Waals surface area contributed by atoms with Gasteiger partial charge in [0.15, 0.2) is 0 Å². The number of fused-ring (bicyclic) bond motifs is 1. The highest BCUT2D eigenvalue weighted by Gasteiger charge is 2.16. The summed E-state index contributed by atoms with van der Waals surface area (Å²) in [6.45, 7) is 12.8. The van der Waals surface area contributed by atoms with E-state index in [0.717, 1.165) is 15.8 Å². The predicted octanol–water partition coefficient (Wildman–Crippen LogP) is 4.77. The fourth-order valence-corrected chi connectivity index (χ4v) is 3.64. The Bertz CT molecular complexity index is 870. The number of pyridine rings is 1. The second-order valence-electron chi connectivity index (χ2n) is 8.80. The monoisotopic (exact) mass is 417 g/mol. The highest BCUT2D eigenvalue weighted by molar-refractivity contribution is 8.00. The molecule has 0 aliphatic rings. The van der Waals surface area contributed by atoms with Crippen molar-refractivity contribution in [1.82, 2.24) is 15.6 Å². The number of amides is 2. The Morgan fingerprint density at radius 1 is 1.07 bits per heavy atom. The third-order valence-electron chi connectivity index (χ3n) is 3.66. The van der Waals surface area contributed by atoms with Gasteiger partial charge < -0.3 is 15.4 Å². The summed E-state index contributed by atoms with van der Waals surface area (Å²) in [4.78, 5) is 29.6. The Balaban J connectivity index is 1.89. The first-order valence-electron chi connectivity index (χ1n) is 9.77. The summed E-state index contributed by atoms with van der Waals surface area (Å²) < 4.78 is 5.25. The van der Waals surface area contributed by atoms with Gasteiger partial charge >= 0.3 is 6.09 Å². The minimum atomic E-state index is -0.521. The highest BCUT2D eigenvalue weighted by Crippen LogP contribution is 2.35. The maximum Gasteiger partial charge on any atom is 0.407 e. The van der Waals surface area contributed by atoms with Crippen molar-refractivity contribution in [2.24, 2.45) is 0 Å². The van der Waals surface area contributed by atoms with E-state index in [9.17, 15) is 9.59 Å². The van der Waals surface area contributed by atoms with Gasteiger partial charge in [-0.1, -0.05) is 32.9 Å². The van der Waals surface area contributed by atoms with Crippen LogP contribution in [0.4, 0.5) is 4.79 Å². The number of benzene rings is 1. The summed E-state index contributed by atoms with van der Waals surface area (Å²) in [7, 11) is 0. The van der Waals surface area contributed by atoms with Crippen LogP contribution in [0.3, 0.4) is 0 Å². The van der Waals surface area contributed by atoms with Crippen LogP contribution in [0.5, 0.6) is 0 Å². The molecule has 0 saturated carbocycles. The molecule has 2 rings (SSSR count). The summed E-state index contributed by atoms with van der Waals surface area (Å²) >= 11 is 1.76. The van der Waals surface area contributed by atoms with Gasteiger partial charge in [-0.3, -0.25) is 9.78 Å². The lowest BCUT2D eigenvalue weighted by molar-refractivity contribution is 0.0527. The zero-order valence-corrected chi connectivity index (χ0v) is 18.9. The molecule has 0 atom stereocenters. The topological polar surface area (TPSA) is 80.3 Å². The minimum absolute atomic E-state index is 0.0827. The molecule has 2 N–H and O–H groups in total. The second kappa shape index (κ2) is 9.48. The van der Waals surface area contributed by atoms with Gasteiger partial charge in [0.05, 0.1) is 11.1 Å². The van der Waals surface area contributed by atoms with Crippen LogP contribution in [0, 0.1) is 0 Å². The number of hydrogen-bond donors (Lipinski definition) is 2. The van der Waals surface area contributed by atoms with Crippen LogP contribution in [0.15, 0.2) is 35.4 Å². The molecular formula is C22H31N3O3S. The van der Waals surface area contributed by atoms with E-state index >= 15 is 0 Å². The molecule has 1 heterocycles. The summed E-state index contributed by atoms with van der Waals surface area (Å²) in [5.41, 5.74) is 0.910. The lowest BCUT2D eigenvalue weighted by Crippen LogP contribution is -2.34. The minimum Gasteiger partial charge on any atom is -0.444 e. The molecule has 7 heteroatoms. The van der Waals surface area contributed by atoms with Gasteiger partial charge in [0.25, 0.3) is 5.91 Å². The number of nitrogens with zero attached hydrogens (tertiary/aromatic N) is 1. The molecule has 1 aromatic carbocycles. The molecule has 0 spiro atoms. The first-order valence-corrected chi connectivity index (χ1v) is 10.6. The van der Waals surface area contributed by atoms with E-state index in [1.807, 2.05) is 39.0 Å². The number of thioether (sulfide) groups is 1. The van der Waals surface area contributed by atoms with Gasteiger partial charge in [0.1, 0.15) is 5.60 Å². The molecule has 6 nitrogen and oxygen atoms in total. The van der Waals surface area contributed by atoms with Crippen molar-refractivity contribution >= 4 is 34.7 Å². The van der Waals surface area contributed by atoms with Crippen LogP contribution < -0.4 is 10.6 Å². The number of hydrogen-bond acceptors (Lipinski definition) is 5. The Hall–Kier alpha value is -2.28. The smallest absolute Gasteiger partial charge is 0.407 e. The molecule has 0 unspecified atom stereocenters. The third-order valence-corrected chi connectivity index (χ3v) is 4.82. The van der Waals surface area contributed by atoms with E-state index in [4.69, 9.17) is 4.74 Å². The van der Waals surface area contributed by atoms with Crippen molar-refractivity contribution in [2.45, 2.75) is 63.2 Å². The largest absolute Gasteiger partial charge is 0.444 e. The van der Waals surface area contributed by atoms with Crippen molar-refractivity contribution < 1.29 is 14.3 Å². The maximum atomic E-state index is 12.4. The average molecular weight is 418 g/mol. The lowest BCUT2D eigenvalue weighted by Gasteiger charge is -2.19. The zero-order chi connectivity index (χ0) is 21.7. The van der Waals surface area contributed by atoms with Crippen molar-refractivity contribution in [2.75, 3.05) is 13.1 Å². The molecule has 2 aromatic rings. The van der Waals surface area contributed by atoms with Crippen LogP contribution >= 0.6 is 11.8 Å². The summed E-state index contributed by atoms with van der Waals surface area (Å²) in [6.07, 6.45) is 1.77. The average Bonchev–Trinajstić information content (AvgIpc) is 2.58. The van der Waals surface area contributed by atoms with Gasteiger partial charge in [0.2, 0.25) is 0 Å². The van der Waals surface area contributed by atoms with Crippen LogP contribution in [0.25, 0.3) is 10.9 Å². The normalized spacial score (nSPS) is 11.9. The Labute approximate surface area is 177 Å². The van der Waals surface area contributed by atoms with E-state index < -0.39 is 11.7 Å². The van der Waals surface area contributed by atoms with E-state index in [2.05, 4.69) is 42.5 Å². The number of ether oxygens (including phenoxy) is 1. The molecule has 0 saturated heterocycles. The number of carbonyl (C=O) groups excluding carboxylic acids is 2. The molecule has 1 aromatic heterocycles. The number of nitrogens with one attached hydrogen (secondary N) is 2. The van der Waals surface area contributed by atoms with E-state index in [0.29, 0.717) is 25.1 Å². The maximum absolute atomic E-state index is 12.4. The van der Waals surface area contributed by atoms with Gasteiger partial charge in [0, 0.05) is 34.3 Å². The zero-order valence-electron chi connectivity index (χ0n) is 18.1. The summed E-state index contributed by atoms with van der Waals surface area (Å²) in [6, 6.07) is 7.88. The first-order chi connectivity index (χ1) is 13.4. The Kier molecular flexibility index (Phi) is 7.52. The lowest BCUT2D eigenvalue weighted by atomic mass is 10.1. The van der Waals surface area contributed by atoms with Crippen molar-refractivity contribution in [1.29, 1.82) is 0 Å². The van der Waals surface area contributed by atoms with Gasteiger partial charge in [-0.05, 0) is 39.3 Å². The fourth-order valence-electron chi connectivity index (χ4n) is 2.57. The third kappa shape index (κ3) is 7.93. The summed E-state index contributed by atoms with van der Waals surface area (Å²) in [5, 5.41) is 6.48. The number of para-hydroxylation sites is 1. The van der Waals surface area contributed by atoms with Gasteiger partial charge in [-0.2, -0.15) is 0 Å². The Morgan fingerprint density at radius 2 is 1.76 bits per heavy atom. The quantitative estimate of drug-likeness (QED) is 0.523. The number of carbonyl (C=O) groups is 2. The molecule has 0 bridgehead atoms. The van der Waals surface area contributed by atoms with E-state index in [1.54, 1.807) is 18.0 Å². The SMILES string of the molecule is CC(C)(C)OC(=O)NCCCNC(=O)c1cnc2c(SC(C)(C)C)cccc2c1.